The van der Waals surface area contributed by atoms with Gasteiger partial charge in [-0.05, 0) is 19.4 Å². The van der Waals surface area contributed by atoms with E-state index >= 15 is 0 Å². The highest BCUT2D eigenvalue weighted by Crippen LogP contribution is 2.21. The van der Waals surface area contributed by atoms with Crippen LogP contribution in [0.2, 0.25) is 0 Å². The van der Waals surface area contributed by atoms with Crippen molar-refractivity contribution in [2.45, 2.75) is 32.9 Å². The first-order chi connectivity index (χ1) is 9.47. The van der Waals surface area contributed by atoms with Crippen LogP contribution < -0.4 is 5.73 Å². The molecule has 0 aliphatic rings. The van der Waals surface area contributed by atoms with E-state index in [1.54, 1.807) is 19.3 Å². The molecule has 1 unspecified atom stereocenters. The van der Waals surface area contributed by atoms with Crippen LogP contribution in [0.5, 0.6) is 0 Å². The number of nitrogens with two attached hydrogens (primary N) is 1. The Morgan fingerprint density at radius 2 is 2.25 bits per heavy atom. The number of hydrogen-bond acceptors (Lipinski definition) is 4. The number of aromatic nitrogens is 2. The van der Waals surface area contributed by atoms with E-state index in [2.05, 4.69) is 4.98 Å². The first kappa shape index (κ1) is 14.2. The molecular weight excluding hydrogens is 256 g/mol. The maximum atomic E-state index is 10.9. The van der Waals surface area contributed by atoms with E-state index in [-0.39, 0.29) is 16.7 Å². The Balaban J connectivity index is 2.20. The third-order valence-electron chi connectivity index (χ3n) is 3.18. The van der Waals surface area contributed by atoms with Crippen LogP contribution in [0.1, 0.15) is 23.7 Å². The van der Waals surface area contributed by atoms with Gasteiger partial charge in [-0.1, -0.05) is 12.1 Å². The van der Waals surface area contributed by atoms with Gasteiger partial charge in [-0.25, -0.2) is 4.98 Å². The van der Waals surface area contributed by atoms with Crippen molar-refractivity contribution in [1.29, 1.82) is 0 Å². The van der Waals surface area contributed by atoms with E-state index in [0.29, 0.717) is 12.1 Å². The summed E-state index contributed by atoms with van der Waals surface area (Å²) < 4.78 is 1.92. The molecule has 2 rings (SSSR count). The third kappa shape index (κ3) is 3.21. The minimum Gasteiger partial charge on any atom is -0.333 e. The lowest BCUT2D eigenvalue weighted by Crippen LogP contribution is -2.17. The Hall–Kier alpha value is -2.21. The highest BCUT2D eigenvalue weighted by atomic mass is 16.6. The lowest BCUT2D eigenvalue weighted by Gasteiger charge is -2.07. The molecule has 6 heteroatoms. The van der Waals surface area contributed by atoms with Crippen LogP contribution in [-0.4, -0.2) is 20.5 Å². The summed E-state index contributed by atoms with van der Waals surface area (Å²) in [6.07, 6.45) is 4.39. The molecular formula is C14H18N4O2. The fourth-order valence-corrected chi connectivity index (χ4v) is 2.16. The molecule has 1 aromatic carbocycles. The zero-order valence-corrected chi connectivity index (χ0v) is 11.6. The van der Waals surface area contributed by atoms with Gasteiger partial charge in [0.05, 0.1) is 16.9 Å². The maximum Gasteiger partial charge on any atom is 0.272 e. The van der Waals surface area contributed by atoms with Crippen molar-refractivity contribution >= 4 is 5.69 Å². The van der Waals surface area contributed by atoms with Gasteiger partial charge in [0, 0.05) is 36.8 Å². The molecule has 0 bridgehead atoms. The summed E-state index contributed by atoms with van der Waals surface area (Å²) in [6.45, 7) is 4.27. The number of imidazole rings is 1. The molecule has 6 nitrogen and oxygen atoms in total. The van der Waals surface area contributed by atoms with Gasteiger partial charge in [0.15, 0.2) is 0 Å². The molecule has 0 aliphatic carbocycles. The quantitative estimate of drug-likeness (QED) is 0.667. The lowest BCUT2D eigenvalue weighted by molar-refractivity contribution is -0.385. The highest BCUT2D eigenvalue weighted by Gasteiger charge is 2.13. The van der Waals surface area contributed by atoms with Gasteiger partial charge in [-0.2, -0.15) is 0 Å². The van der Waals surface area contributed by atoms with Crippen molar-refractivity contribution in [2.24, 2.45) is 5.73 Å². The molecule has 0 fully saturated rings. The standard InChI is InChI=1S/C14H18N4O2/c1-10(15)6-13-8-17(9-16-13)7-12-4-3-5-14(11(12)2)18(19)20/h3-5,8-10H,6-7,15H2,1-2H3. The molecule has 1 atom stereocenters. The summed E-state index contributed by atoms with van der Waals surface area (Å²) in [5.74, 6) is 0. The number of benzene rings is 1. The van der Waals surface area contributed by atoms with Gasteiger partial charge in [-0.15, -0.1) is 0 Å². The SMILES string of the molecule is Cc1c(Cn2cnc(CC(C)N)c2)cccc1[N+](=O)[O-]. The molecule has 0 spiro atoms. The topological polar surface area (TPSA) is 87.0 Å². The molecule has 1 heterocycles. The normalized spacial score (nSPS) is 12.3. The summed E-state index contributed by atoms with van der Waals surface area (Å²) in [7, 11) is 0. The Morgan fingerprint density at radius 1 is 1.50 bits per heavy atom. The molecule has 20 heavy (non-hydrogen) atoms. The molecule has 2 N–H and O–H groups in total. The van der Waals surface area contributed by atoms with Gasteiger partial charge in [0.2, 0.25) is 0 Å². The van der Waals surface area contributed by atoms with E-state index in [4.69, 9.17) is 5.73 Å². The number of nitrogens with zero attached hydrogens (tertiary/aromatic N) is 3. The molecule has 2 aromatic rings. The van der Waals surface area contributed by atoms with Crippen molar-refractivity contribution in [3.05, 3.63) is 57.7 Å². The van der Waals surface area contributed by atoms with Crippen LogP contribution in [0.4, 0.5) is 5.69 Å². The van der Waals surface area contributed by atoms with Crippen LogP contribution in [0.15, 0.2) is 30.7 Å². The maximum absolute atomic E-state index is 10.9. The van der Waals surface area contributed by atoms with E-state index in [0.717, 1.165) is 17.7 Å². The van der Waals surface area contributed by atoms with Gasteiger partial charge >= 0.3 is 0 Å². The minimum absolute atomic E-state index is 0.0675. The van der Waals surface area contributed by atoms with Crippen LogP contribution in [-0.2, 0) is 13.0 Å². The third-order valence-corrected chi connectivity index (χ3v) is 3.18. The summed E-state index contributed by atoms with van der Waals surface area (Å²) >= 11 is 0. The molecule has 0 saturated carbocycles. The van der Waals surface area contributed by atoms with E-state index < -0.39 is 0 Å². The van der Waals surface area contributed by atoms with E-state index in [1.807, 2.05) is 23.8 Å². The summed E-state index contributed by atoms with van der Waals surface area (Å²) in [4.78, 5) is 14.9. The van der Waals surface area contributed by atoms with Crippen molar-refractivity contribution in [2.75, 3.05) is 0 Å². The monoisotopic (exact) mass is 274 g/mol. The average Bonchev–Trinajstić information content (AvgIpc) is 2.78. The summed E-state index contributed by atoms with van der Waals surface area (Å²) in [5.41, 5.74) is 8.44. The Labute approximate surface area is 117 Å². The molecule has 1 aromatic heterocycles. The molecule has 0 amide bonds. The second-order valence-corrected chi connectivity index (χ2v) is 5.04. The van der Waals surface area contributed by atoms with Crippen molar-refractivity contribution in [3.8, 4) is 0 Å². The van der Waals surface area contributed by atoms with E-state index in [9.17, 15) is 10.1 Å². The lowest BCUT2D eigenvalue weighted by atomic mass is 10.1. The average molecular weight is 274 g/mol. The molecule has 0 aliphatic heterocycles. The van der Waals surface area contributed by atoms with Crippen molar-refractivity contribution < 1.29 is 4.92 Å². The summed E-state index contributed by atoms with van der Waals surface area (Å²) in [5, 5.41) is 10.9. The number of nitro groups is 1. The summed E-state index contributed by atoms with van der Waals surface area (Å²) in [6, 6.07) is 5.19. The van der Waals surface area contributed by atoms with Gasteiger partial charge < -0.3 is 10.3 Å². The Kier molecular flexibility index (Phi) is 4.14. The highest BCUT2D eigenvalue weighted by molar-refractivity contribution is 5.44. The van der Waals surface area contributed by atoms with Crippen LogP contribution in [0.3, 0.4) is 0 Å². The number of hydrogen-bond donors (Lipinski definition) is 1. The predicted molar refractivity (Wildman–Crippen MR) is 76.5 cm³/mol. The Bertz CT molecular complexity index is 619. The number of rotatable bonds is 5. The first-order valence-electron chi connectivity index (χ1n) is 6.46. The minimum atomic E-state index is -0.353. The molecule has 0 saturated heterocycles. The van der Waals surface area contributed by atoms with Gasteiger partial charge in [0.25, 0.3) is 5.69 Å². The fourth-order valence-electron chi connectivity index (χ4n) is 2.16. The first-order valence-corrected chi connectivity index (χ1v) is 6.46. The fraction of sp³-hybridized carbons (Fsp3) is 0.357. The van der Waals surface area contributed by atoms with Gasteiger partial charge in [-0.3, -0.25) is 10.1 Å². The molecule has 0 radical (unpaired) electrons. The second kappa shape index (κ2) is 5.83. The molecule has 106 valence electrons. The van der Waals surface area contributed by atoms with Crippen LogP contribution in [0.25, 0.3) is 0 Å². The van der Waals surface area contributed by atoms with Crippen molar-refractivity contribution in [1.82, 2.24) is 9.55 Å². The largest absolute Gasteiger partial charge is 0.333 e. The van der Waals surface area contributed by atoms with Crippen LogP contribution >= 0.6 is 0 Å². The predicted octanol–water partition coefficient (Wildman–Crippen LogP) is 2.04. The second-order valence-electron chi connectivity index (χ2n) is 5.04. The van der Waals surface area contributed by atoms with Gasteiger partial charge in [0.1, 0.15) is 0 Å². The van der Waals surface area contributed by atoms with E-state index in [1.165, 1.54) is 6.07 Å². The van der Waals surface area contributed by atoms with Crippen molar-refractivity contribution in [3.63, 3.8) is 0 Å². The Morgan fingerprint density at radius 3 is 2.90 bits per heavy atom. The zero-order valence-electron chi connectivity index (χ0n) is 11.6. The van der Waals surface area contributed by atoms with Crippen LogP contribution in [0, 0.1) is 17.0 Å². The zero-order chi connectivity index (χ0) is 14.7. The number of nitro benzene ring substituents is 1. The smallest absolute Gasteiger partial charge is 0.272 e.